The molecular weight excluding hydrogens is 280 g/mol. The van der Waals surface area contributed by atoms with Crippen LogP contribution >= 0.6 is 0 Å². The van der Waals surface area contributed by atoms with Crippen LogP contribution in [0.2, 0.25) is 0 Å². The number of hydrogen-bond acceptors (Lipinski definition) is 4. The third-order valence-electron chi connectivity index (χ3n) is 4.35. The van der Waals surface area contributed by atoms with Gasteiger partial charge >= 0.3 is 5.97 Å². The van der Waals surface area contributed by atoms with Crippen LogP contribution in [0.15, 0.2) is 24.7 Å². The molecule has 6 heteroatoms. The lowest BCUT2D eigenvalue weighted by Crippen LogP contribution is -2.16. The summed E-state index contributed by atoms with van der Waals surface area (Å²) in [6, 6.07) is 1.90. The standard InChI is InChI=1S/C16H20N4O2/c1-10-6-18-8-15(10)20-9-13(11(2)19-20)5-12-7-17-4-3-14(12)16(21)22/h3-4,7,9-10,15,18H,5-6,8H2,1-2H3,(H,21,22)/t10-,15?/m0/s1. The van der Waals surface area contributed by atoms with E-state index in [1.54, 1.807) is 12.3 Å². The highest BCUT2D eigenvalue weighted by Gasteiger charge is 2.26. The van der Waals surface area contributed by atoms with E-state index < -0.39 is 5.97 Å². The van der Waals surface area contributed by atoms with Crippen LogP contribution in [0, 0.1) is 12.8 Å². The van der Waals surface area contributed by atoms with Gasteiger partial charge in [-0.3, -0.25) is 9.67 Å². The maximum atomic E-state index is 11.3. The number of nitrogens with zero attached hydrogens (tertiary/aromatic N) is 3. The van der Waals surface area contributed by atoms with E-state index >= 15 is 0 Å². The molecule has 0 aromatic carbocycles. The lowest BCUT2D eigenvalue weighted by Gasteiger charge is -2.14. The highest BCUT2D eigenvalue weighted by Crippen LogP contribution is 2.24. The molecule has 0 saturated carbocycles. The summed E-state index contributed by atoms with van der Waals surface area (Å²) < 4.78 is 2.02. The number of rotatable bonds is 4. The second-order valence-electron chi connectivity index (χ2n) is 5.94. The zero-order chi connectivity index (χ0) is 15.7. The van der Waals surface area contributed by atoms with Crippen molar-refractivity contribution in [1.82, 2.24) is 20.1 Å². The van der Waals surface area contributed by atoms with Crippen LogP contribution in [-0.4, -0.2) is 38.9 Å². The fourth-order valence-corrected chi connectivity index (χ4v) is 3.00. The summed E-state index contributed by atoms with van der Waals surface area (Å²) >= 11 is 0. The maximum Gasteiger partial charge on any atom is 0.336 e. The lowest BCUT2D eigenvalue weighted by molar-refractivity contribution is 0.0695. The SMILES string of the molecule is Cc1nn(C2CNC[C@@H]2C)cc1Cc1cnccc1C(=O)O. The van der Waals surface area contributed by atoms with Gasteiger partial charge in [0.1, 0.15) is 0 Å². The first-order valence-corrected chi connectivity index (χ1v) is 7.47. The number of carboxylic acids is 1. The Hall–Kier alpha value is -2.21. The van der Waals surface area contributed by atoms with Gasteiger partial charge in [-0.05, 0) is 36.6 Å². The molecule has 0 radical (unpaired) electrons. The Bertz CT molecular complexity index is 695. The number of carbonyl (C=O) groups is 1. The van der Waals surface area contributed by atoms with E-state index in [1.807, 2.05) is 17.8 Å². The summed E-state index contributed by atoms with van der Waals surface area (Å²) in [6.07, 6.45) is 5.72. The Labute approximate surface area is 129 Å². The van der Waals surface area contributed by atoms with Crippen molar-refractivity contribution in [3.8, 4) is 0 Å². The number of aromatic nitrogens is 3. The van der Waals surface area contributed by atoms with Gasteiger partial charge in [-0.15, -0.1) is 0 Å². The highest BCUT2D eigenvalue weighted by atomic mass is 16.4. The Morgan fingerprint density at radius 3 is 2.95 bits per heavy atom. The van der Waals surface area contributed by atoms with Gasteiger partial charge < -0.3 is 10.4 Å². The van der Waals surface area contributed by atoms with Gasteiger partial charge in [-0.2, -0.15) is 5.10 Å². The van der Waals surface area contributed by atoms with E-state index in [2.05, 4.69) is 22.3 Å². The van der Waals surface area contributed by atoms with E-state index in [0.29, 0.717) is 23.9 Å². The first-order chi connectivity index (χ1) is 10.6. The van der Waals surface area contributed by atoms with Gasteiger partial charge in [0.2, 0.25) is 0 Å². The number of carboxylic acid groups (broad SMARTS) is 1. The molecule has 3 heterocycles. The van der Waals surface area contributed by atoms with Crippen molar-refractivity contribution in [3.05, 3.63) is 47.0 Å². The van der Waals surface area contributed by atoms with Crippen molar-refractivity contribution >= 4 is 5.97 Å². The quantitative estimate of drug-likeness (QED) is 0.897. The molecule has 1 fully saturated rings. The average molecular weight is 300 g/mol. The molecule has 0 bridgehead atoms. The third-order valence-corrected chi connectivity index (χ3v) is 4.35. The molecule has 3 rings (SSSR count). The summed E-state index contributed by atoms with van der Waals surface area (Å²) in [5, 5.41) is 17.3. The molecule has 116 valence electrons. The molecule has 1 aliphatic rings. The van der Waals surface area contributed by atoms with E-state index in [4.69, 9.17) is 0 Å². The molecular formula is C16H20N4O2. The summed E-state index contributed by atoms with van der Waals surface area (Å²) in [5.41, 5.74) is 3.02. The van der Waals surface area contributed by atoms with Crippen LogP contribution in [0.4, 0.5) is 0 Å². The maximum absolute atomic E-state index is 11.3. The van der Waals surface area contributed by atoms with Crippen LogP contribution in [0.25, 0.3) is 0 Å². The average Bonchev–Trinajstić information content (AvgIpc) is 3.06. The third kappa shape index (κ3) is 2.74. The summed E-state index contributed by atoms with van der Waals surface area (Å²) in [5.74, 6) is -0.379. The van der Waals surface area contributed by atoms with E-state index in [-0.39, 0.29) is 0 Å². The smallest absolute Gasteiger partial charge is 0.336 e. The number of pyridine rings is 1. The van der Waals surface area contributed by atoms with Crippen molar-refractivity contribution in [3.63, 3.8) is 0 Å². The summed E-state index contributed by atoms with van der Waals surface area (Å²) in [4.78, 5) is 15.3. The van der Waals surface area contributed by atoms with Crippen LogP contribution < -0.4 is 5.32 Å². The van der Waals surface area contributed by atoms with Crippen LogP contribution in [0.5, 0.6) is 0 Å². The van der Waals surface area contributed by atoms with Gasteiger partial charge in [0.05, 0.1) is 17.3 Å². The Balaban J connectivity index is 1.87. The molecule has 2 aromatic rings. The predicted octanol–water partition coefficient (Wildman–Crippen LogP) is 1.66. The molecule has 6 nitrogen and oxygen atoms in total. The largest absolute Gasteiger partial charge is 0.478 e. The minimum absolute atomic E-state index is 0.304. The molecule has 1 aliphatic heterocycles. The molecule has 1 saturated heterocycles. The molecule has 0 spiro atoms. The van der Waals surface area contributed by atoms with Crippen LogP contribution in [0.1, 0.15) is 40.1 Å². The van der Waals surface area contributed by atoms with E-state index in [0.717, 1.165) is 29.9 Å². The van der Waals surface area contributed by atoms with Gasteiger partial charge in [0, 0.05) is 31.6 Å². The molecule has 2 aromatic heterocycles. The second-order valence-corrected chi connectivity index (χ2v) is 5.94. The summed E-state index contributed by atoms with van der Waals surface area (Å²) in [7, 11) is 0. The van der Waals surface area contributed by atoms with Crippen molar-refractivity contribution in [1.29, 1.82) is 0 Å². The minimum Gasteiger partial charge on any atom is -0.478 e. The topological polar surface area (TPSA) is 80.0 Å². The molecule has 2 N–H and O–H groups in total. The predicted molar refractivity (Wildman–Crippen MR) is 82.0 cm³/mol. The Morgan fingerprint density at radius 2 is 2.27 bits per heavy atom. The van der Waals surface area contributed by atoms with E-state index in [9.17, 15) is 9.90 Å². The van der Waals surface area contributed by atoms with Crippen LogP contribution in [0.3, 0.4) is 0 Å². The monoisotopic (exact) mass is 300 g/mol. The number of aryl methyl sites for hydroxylation is 1. The van der Waals surface area contributed by atoms with Gasteiger partial charge in [-0.1, -0.05) is 6.92 Å². The fourth-order valence-electron chi connectivity index (χ4n) is 3.00. The molecule has 1 unspecified atom stereocenters. The van der Waals surface area contributed by atoms with E-state index in [1.165, 1.54) is 6.20 Å². The molecule has 22 heavy (non-hydrogen) atoms. The number of hydrogen-bond donors (Lipinski definition) is 2. The molecule has 0 amide bonds. The van der Waals surface area contributed by atoms with Crippen molar-refractivity contribution in [2.45, 2.75) is 26.3 Å². The molecule has 0 aliphatic carbocycles. The lowest BCUT2D eigenvalue weighted by atomic mass is 10.0. The van der Waals surface area contributed by atoms with Crippen molar-refractivity contribution in [2.24, 2.45) is 5.92 Å². The first-order valence-electron chi connectivity index (χ1n) is 7.47. The Morgan fingerprint density at radius 1 is 1.45 bits per heavy atom. The van der Waals surface area contributed by atoms with Gasteiger partial charge in [0.25, 0.3) is 0 Å². The van der Waals surface area contributed by atoms with Gasteiger partial charge in [0.15, 0.2) is 0 Å². The van der Waals surface area contributed by atoms with Crippen molar-refractivity contribution < 1.29 is 9.90 Å². The number of nitrogens with one attached hydrogen (secondary N) is 1. The summed E-state index contributed by atoms with van der Waals surface area (Å²) in [6.45, 7) is 6.11. The fraction of sp³-hybridized carbons (Fsp3) is 0.438. The highest BCUT2D eigenvalue weighted by molar-refractivity contribution is 5.89. The second kappa shape index (κ2) is 5.88. The zero-order valence-electron chi connectivity index (χ0n) is 12.8. The van der Waals surface area contributed by atoms with Gasteiger partial charge in [-0.25, -0.2) is 4.79 Å². The number of aromatic carboxylic acids is 1. The molecule has 2 atom stereocenters. The minimum atomic E-state index is -0.920. The first kappa shape index (κ1) is 14.7. The van der Waals surface area contributed by atoms with Crippen LogP contribution in [-0.2, 0) is 6.42 Å². The normalized spacial score (nSPS) is 21.2. The Kier molecular flexibility index (Phi) is 3.94. The zero-order valence-corrected chi connectivity index (χ0v) is 12.8. The van der Waals surface area contributed by atoms with Crippen molar-refractivity contribution in [2.75, 3.05) is 13.1 Å².